The van der Waals surface area contributed by atoms with Gasteiger partial charge in [-0.05, 0) is 31.9 Å². The van der Waals surface area contributed by atoms with Crippen molar-refractivity contribution < 1.29 is 17.9 Å². The number of primary sulfonamides is 1. The summed E-state index contributed by atoms with van der Waals surface area (Å²) in [5.74, 6) is 0.227. The second-order valence-corrected chi connectivity index (χ2v) is 6.12. The highest BCUT2D eigenvalue weighted by Gasteiger charge is 2.31. The molecule has 1 aliphatic rings. The summed E-state index contributed by atoms with van der Waals surface area (Å²) >= 11 is 0. The minimum absolute atomic E-state index is 0.0480. The normalized spacial score (nSPS) is 14.9. The van der Waals surface area contributed by atoms with Crippen LogP contribution in [0.15, 0.2) is 23.2 Å². The van der Waals surface area contributed by atoms with Crippen LogP contribution >= 0.6 is 0 Å². The number of aromatic nitrogens is 1. The van der Waals surface area contributed by atoms with Gasteiger partial charge in [-0.3, -0.25) is 4.79 Å². The van der Waals surface area contributed by atoms with Gasteiger partial charge in [0.25, 0.3) is 0 Å². The molecular weight excluding hydrogens is 282 g/mol. The topological polar surface area (TPSA) is 103 Å². The fourth-order valence-electron chi connectivity index (χ4n) is 1.84. The molecule has 0 aromatic carbocycles. The van der Waals surface area contributed by atoms with Crippen molar-refractivity contribution in [3.8, 4) is 0 Å². The standard InChI is InChI=1S/C12H17N3O4S/c1-2-19-12(16)8-15(9-3-4-9)11-6-5-10(7-14-11)20(13,17)18/h5-7,9H,2-4,8H2,1H3,(H2,13,17,18). The monoisotopic (exact) mass is 299 g/mol. The van der Waals surface area contributed by atoms with Gasteiger partial charge in [-0.2, -0.15) is 0 Å². The van der Waals surface area contributed by atoms with Crippen LogP contribution in [0.2, 0.25) is 0 Å². The zero-order valence-electron chi connectivity index (χ0n) is 11.2. The van der Waals surface area contributed by atoms with Crippen molar-refractivity contribution in [3.05, 3.63) is 18.3 Å². The molecule has 0 radical (unpaired) electrons. The maximum atomic E-state index is 11.6. The Labute approximate surface area is 117 Å². The highest BCUT2D eigenvalue weighted by Crippen LogP contribution is 2.30. The number of sulfonamides is 1. The molecule has 2 rings (SSSR count). The van der Waals surface area contributed by atoms with Crippen molar-refractivity contribution in [2.45, 2.75) is 30.7 Å². The molecule has 1 fully saturated rings. The first-order valence-corrected chi connectivity index (χ1v) is 7.87. The molecule has 0 spiro atoms. The van der Waals surface area contributed by atoms with Gasteiger partial charge in [0.1, 0.15) is 17.3 Å². The zero-order valence-corrected chi connectivity index (χ0v) is 12.0. The summed E-state index contributed by atoms with van der Waals surface area (Å²) in [6, 6.07) is 3.20. The molecule has 0 amide bonds. The fourth-order valence-corrected chi connectivity index (χ4v) is 2.30. The van der Waals surface area contributed by atoms with Crippen LogP contribution in [0.1, 0.15) is 19.8 Å². The lowest BCUT2D eigenvalue weighted by molar-refractivity contribution is -0.141. The maximum absolute atomic E-state index is 11.6. The van der Waals surface area contributed by atoms with E-state index in [1.807, 2.05) is 4.90 Å². The van der Waals surface area contributed by atoms with Crippen molar-refractivity contribution in [1.82, 2.24) is 4.98 Å². The third-order valence-corrected chi connectivity index (χ3v) is 3.83. The van der Waals surface area contributed by atoms with Gasteiger partial charge in [-0.15, -0.1) is 0 Å². The molecule has 0 atom stereocenters. The highest BCUT2D eigenvalue weighted by molar-refractivity contribution is 7.89. The molecule has 1 saturated carbocycles. The Morgan fingerprint density at radius 1 is 1.50 bits per heavy atom. The number of hydrogen-bond acceptors (Lipinski definition) is 6. The second-order valence-electron chi connectivity index (χ2n) is 4.56. The molecule has 8 heteroatoms. The first-order valence-electron chi connectivity index (χ1n) is 6.33. The van der Waals surface area contributed by atoms with Crippen LogP contribution in [-0.2, 0) is 19.6 Å². The van der Waals surface area contributed by atoms with Crippen molar-refractivity contribution in [2.24, 2.45) is 5.14 Å². The molecule has 7 nitrogen and oxygen atoms in total. The van der Waals surface area contributed by atoms with Gasteiger partial charge in [0, 0.05) is 12.2 Å². The quantitative estimate of drug-likeness (QED) is 0.756. The lowest BCUT2D eigenvalue weighted by atomic mass is 10.4. The van der Waals surface area contributed by atoms with Crippen LogP contribution in [0.3, 0.4) is 0 Å². The van der Waals surface area contributed by atoms with Gasteiger partial charge in [0.2, 0.25) is 10.0 Å². The van der Waals surface area contributed by atoms with E-state index in [-0.39, 0.29) is 23.5 Å². The van der Waals surface area contributed by atoms with E-state index in [0.29, 0.717) is 12.4 Å². The average molecular weight is 299 g/mol. The van der Waals surface area contributed by atoms with Crippen molar-refractivity contribution in [2.75, 3.05) is 18.1 Å². The lowest BCUT2D eigenvalue weighted by Crippen LogP contribution is -2.33. The van der Waals surface area contributed by atoms with Crippen LogP contribution in [-0.4, -0.2) is 38.6 Å². The van der Waals surface area contributed by atoms with E-state index in [4.69, 9.17) is 9.88 Å². The number of esters is 1. The SMILES string of the molecule is CCOC(=O)CN(c1ccc(S(N)(=O)=O)cn1)C1CC1. The van der Waals surface area contributed by atoms with Crippen molar-refractivity contribution in [3.63, 3.8) is 0 Å². The van der Waals surface area contributed by atoms with E-state index in [1.165, 1.54) is 12.3 Å². The van der Waals surface area contributed by atoms with Gasteiger partial charge in [-0.1, -0.05) is 0 Å². The van der Waals surface area contributed by atoms with Gasteiger partial charge >= 0.3 is 5.97 Å². The number of carbonyl (C=O) groups is 1. The molecule has 110 valence electrons. The molecular formula is C12H17N3O4S. The molecule has 1 aromatic rings. The summed E-state index contributed by atoms with van der Waals surface area (Å²) in [6.45, 7) is 2.19. The second kappa shape index (κ2) is 5.76. The van der Waals surface area contributed by atoms with Crippen LogP contribution in [0.4, 0.5) is 5.82 Å². The number of hydrogen-bond donors (Lipinski definition) is 1. The van der Waals surface area contributed by atoms with Crippen LogP contribution in [0.25, 0.3) is 0 Å². The zero-order chi connectivity index (χ0) is 14.8. The Morgan fingerprint density at radius 2 is 2.20 bits per heavy atom. The Morgan fingerprint density at radius 3 is 2.65 bits per heavy atom. The van der Waals surface area contributed by atoms with E-state index in [0.717, 1.165) is 12.8 Å². The van der Waals surface area contributed by atoms with E-state index in [9.17, 15) is 13.2 Å². The number of ether oxygens (including phenoxy) is 1. The average Bonchev–Trinajstić information content (AvgIpc) is 3.20. The number of pyridine rings is 1. The third kappa shape index (κ3) is 3.67. The maximum Gasteiger partial charge on any atom is 0.325 e. The predicted octanol–water partition coefficient (Wildman–Crippen LogP) is 0.261. The molecule has 1 heterocycles. The first-order chi connectivity index (χ1) is 9.41. The molecule has 1 aliphatic carbocycles. The molecule has 20 heavy (non-hydrogen) atoms. The summed E-state index contributed by atoms with van der Waals surface area (Å²) in [6.07, 6.45) is 3.17. The molecule has 0 unspecified atom stereocenters. The summed E-state index contributed by atoms with van der Waals surface area (Å²) in [4.78, 5) is 17.4. The minimum atomic E-state index is -3.75. The van der Waals surface area contributed by atoms with Crippen molar-refractivity contribution >= 4 is 21.8 Å². The smallest absolute Gasteiger partial charge is 0.325 e. The number of anilines is 1. The summed E-state index contributed by atoms with van der Waals surface area (Å²) in [5.41, 5.74) is 0. The summed E-state index contributed by atoms with van der Waals surface area (Å²) < 4.78 is 27.3. The number of carbonyl (C=O) groups excluding carboxylic acids is 1. The van der Waals surface area contributed by atoms with Crippen LogP contribution in [0.5, 0.6) is 0 Å². The number of nitrogens with zero attached hydrogens (tertiary/aromatic N) is 2. The Bertz CT molecular complexity index is 581. The minimum Gasteiger partial charge on any atom is -0.465 e. The predicted molar refractivity (Wildman–Crippen MR) is 72.6 cm³/mol. The van der Waals surface area contributed by atoms with Gasteiger partial charge in [-0.25, -0.2) is 18.5 Å². The first kappa shape index (κ1) is 14.7. The van der Waals surface area contributed by atoms with E-state index in [2.05, 4.69) is 4.98 Å². The molecule has 0 bridgehead atoms. The largest absolute Gasteiger partial charge is 0.465 e. The van der Waals surface area contributed by atoms with Crippen molar-refractivity contribution in [1.29, 1.82) is 0 Å². The summed E-state index contributed by atoms with van der Waals surface area (Å²) in [7, 11) is -3.75. The molecule has 0 saturated heterocycles. The summed E-state index contributed by atoms with van der Waals surface area (Å²) in [5, 5.41) is 5.02. The Hall–Kier alpha value is -1.67. The van der Waals surface area contributed by atoms with E-state index in [1.54, 1.807) is 13.0 Å². The van der Waals surface area contributed by atoms with E-state index >= 15 is 0 Å². The van der Waals surface area contributed by atoms with E-state index < -0.39 is 10.0 Å². The lowest BCUT2D eigenvalue weighted by Gasteiger charge is -2.22. The fraction of sp³-hybridized carbons (Fsp3) is 0.500. The van der Waals surface area contributed by atoms with Crippen LogP contribution < -0.4 is 10.0 Å². The van der Waals surface area contributed by atoms with Gasteiger partial charge in [0.05, 0.1) is 6.61 Å². The van der Waals surface area contributed by atoms with Gasteiger partial charge in [0.15, 0.2) is 0 Å². The number of rotatable bonds is 6. The number of nitrogens with two attached hydrogens (primary N) is 1. The Balaban J connectivity index is 2.15. The third-order valence-electron chi connectivity index (χ3n) is 2.94. The van der Waals surface area contributed by atoms with Crippen LogP contribution in [0, 0.1) is 0 Å². The Kier molecular flexibility index (Phi) is 4.24. The molecule has 0 aliphatic heterocycles. The molecule has 1 aromatic heterocycles. The highest BCUT2D eigenvalue weighted by atomic mass is 32.2. The molecule has 2 N–H and O–H groups in total. The van der Waals surface area contributed by atoms with Gasteiger partial charge < -0.3 is 9.64 Å².